The second-order valence-corrected chi connectivity index (χ2v) is 4.87. The highest BCUT2D eigenvalue weighted by Gasteiger charge is 2.14. The molecular weight excluding hydrogens is 247 g/mol. The molecule has 1 aromatic carbocycles. The number of nitrogens with zero attached hydrogens (tertiary/aromatic N) is 2. The van der Waals surface area contributed by atoms with E-state index in [0.29, 0.717) is 12.8 Å². The number of aromatic nitrogens is 2. The van der Waals surface area contributed by atoms with E-state index in [9.17, 15) is 9.18 Å². The molecule has 0 saturated heterocycles. The molecule has 0 spiro atoms. The van der Waals surface area contributed by atoms with E-state index in [1.54, 1.807) is 6.07 Å². The summed E-state index contributed by atoms with van der Waals surface area (Å²) in [5.74, 6) is -0.276. The molecule has 0 aliphatic carbocycles. The van der Waals surface area contributed by atoms with Crippen LogP contribution in [0.4, 0.5) is 4.39 Å². The molecule has 0 unspecified atom stereocenters. The van der Waals surface area contributed by atoms with Crippen molar-refractivity contribution in [3.05, 3.63) is 29.8 Å². The molecule has 19 heavy (non-hydrogen) atoms. The van der Waals surface area contributed by atoms with Gasteiger partial charge in [0.15, 0.2) is 0 Å². The first-order valence-electron chi connectivity index (χ1n) is 6.37. The highest BCUT2D eigenvalue weighted by Crippen LogP contribution is 2.23. The molecule has 0 bridgehead atoms. The van der Waals surface area contributed by atoms with Gasteiger partial charge in [0.25, 0.3) is 0 Å². The van der Waals surface area contributed by atoms with Gasteiger partial charge >= 0.3 is 5.97 Å². The van der Waals surface area contributed by atoms with Crippen LogP contribution in [-0.4, -0.2) is 20.6 Å². The molecule has 102 valence electrons. The van der Waals surface area contributed by atoms with Crippen molar-refractivity contribution in [1.29, 1.82) is 0 Å². The van der Waals surface area contributed by atoms with E-state index in [0.717, 1.165) is 16.9 Å². The van der Waals surface area contributed by atoms with Crippen LogP contribution in [0.15, 0.2) is 18.2 Å². The maximum atomic E-state index is 13.3. The lowest BCUT2D eigenvalue weighted by Crippen LogP contribution is -2.07. The fraction of sp³-hybridized carbons (Fsp3) is 0.429. The number of hydrogen-bond acceptors (Lipinski definition) is 2. The van der Waals surface area contributed by atoms with Crippen molar-refractivity contribution in [3.63, 3.8) is 0 Å². The predicted octanol–water partition coefficient (Wildman–Crippen LogP) is 3.16. The van der Waals surface area contributed by atoms with E-state index in [-0.39, 0.29) is 18.3 Å². The number of hydrogen-bond donors (Lipinski definition) is 1. The van der Waals surface area contributed by atoms with Crippen molar-refractivity contribution in [2.45, 2.75) is 39.2 Å². The Morgan fingerprint density at radius 1 is 1.47 bits per heavy atom. The summed E-state index contributed by atoms with van der Waals surface area (Å²) < 4.78 is 15.3. The quantitative estimate of drug-likeness (QED) is 0.902. The van der Waals surface area contributed by atoms with E-state index in [4.69, 9.17) is 5.11 Å². The summed E-state index contributed by atoms with van der Waals surface area (Å²) in [6, 6.07) is 4.68. The predicted molar refractivity (Wildman–Crippen MR) is 70.6 cm³/mol. The smallest absolute Gasteiger partial charge is 0.303 e. The maximum absolute atomic E-state index is 13.3. The Labute approximate surface area is 110 Å². The largest absolute Gasteiger partial charge is 0.481 e. The topological polar surface area (TPSA) is 55.1 Å². The molecular formula is C14H17FN2O2. The number of carboxylic acid groups (broad SMARTS) is 1. The number of rotatable bonds is 5. The first-order valence-corrected chi connectivity index (χ1v) is 6.37. The van der Waals surface area contributed by atoms with Crippen LogP contribution in [0, 0.1) is 5.82 Å². The number of aryl methyl sites for hydroxylation is 1. The molecule has 0 fully saturated rings. The average molecular weight is 264 g/mol. The van der Waals surface area contributed by atoms with Gasteiger partial charge in [-0.25, -0.2) is 9.37 Å². The molecule has 1 N–H and O–H groups in total. The summed E-state index contributed by atoms with van der Waals surface area (Å²) >= 11 is 0. The highest BCUT2D eigenvalue weighted by molar-refractivity contribution is 5.76. The molecule has 0 aliphatic heterocycles. The van der Waals surface area contributed by atoms with Crippen LogP contribution < -0.4 is 0 Å². The van der Waals surface area contributed by atoms with Crippen molar-refractivity contribution < 1.29 is 14.3 Å². The van der Waals surface area contributed by atoms with Crippen molar-refractivity contribution in [2.75, 3.05) is 0 Å². The van der Waals surface area contributed by atoms with Crippen LogP contribution in [0.2, 0.25) is 0 Å². The molecule has 0 saturated carbocycles. The summed E-state index contributed by atoms with van der Waals surface area (Å²) in [4.78, 5) is 15.0. The molecule has 0 aliphatic rings. The van der Waals surface area contributed by atoms with Crippen molar-refractivity contribution >= 4 is 17.0 Å². The SMILES string of the molecule is CC(C)n1c(CCCC(=O)O)nc2ccc(F)cc21. The Balaban J connectivity index is 2.36. The second kappa shape index (κ2) is 5.38. The van der Waals surface area contributed by atoms with E-state index in [1.165, 1.54) is 12.1 Å². The number of aliphatic carboxylic acids is 1. The zero-order valence-electron chi connectivity index (χ0n) is 11.1. The van der Waals surface area contributed by atoms with Gasteiger partial charge in [-0.1, -0.05) is 0 Å². The first kappa shape index (κ1) is 13.5. The maximum Gasteiger partial charge on any atom is 0.303 e. The molecule has 4 nitrogen and oxygen atoms in total. The van der Waals surface area contributed by atoms with E-state index in [1.807, 2.05) is 18.4 Å². The van der Waals surface area contributed by atoms with E-state index >= 15 is 0 Å². The number of benzene rings is 1. The fourth-order valence-electron chi connectivity index (χ4n) is 2.27. The molecule has 1 heterocycles. The molecule has 0 radical (unpaired) electrons. The number of imidazole rings is 1. The zero-order chi connectivity index (χ0) is 14.0. The van der Waals surface area contributed by atoms with Crippen LogP contribution in [0.1, 0.15) is 38.6 Å². The molecule has 5 heteroatoms. The average Bonchev–Trinajstić information content (AvgIpc) is 2.65. The summed E-state index contributed by atoms with van der Waals surface area (Å²) in [7, 11) is 0. The van der Waals surface area contributed by atoms with Gasteiger partial charge < -0.3 is 9.67 Å². The highest BCUT2D eigenvalue weighted by atomic mass is 19.1. The first-order chi connectivity index (χ1) is 8.99. The molecule has 2 rings (SSSR count). The van der Waals surface area contributed by atoms with Crippen LogP contribution in [0.3, 0.4) is 0 Å². The minimum absolute atomic E-state index is 0.121. The molecule has 0 atom stereocenters. The summed E-state index contributed by atoms with van der Waals surface area (Å²) in [6.07, 6.45) is 1.24. The third kappa shape index (κ3) is 2.92. The Morgan fingerprint density at radius 2 is 2.21 bits per heavy atom. The number of halogens is 1. The summed E-state index contributed by atoms with van der Waals surface area (Å²) in [6.45, 7) is 4.01. The zero-order valence-corrected chi connectivity index (χ0v) is 11.1. The molecule has 1 aromatic heterocycles. The van der Waals surface area contributed by atoms with Gasteiger partial charge in [-0.2, -0.15) is 0 Å². The van der Waals surface area contributed by atoms with E-state index < -0.39 is 5.97 Å². The van der Waals surface area contributed by atoms with E-state index in [2.05, 4.69) is 4.98 Å². The van der Waals surface area contributed by atoms with Crippen molar-refractivity contribution in [2.24, 2.45) is 0 Å². The standard InChI is InChI=1S/C14H17FN2O2/c1-9(2)17-12-8-10(15)6-7-11(12)16-13(17)4-3-5-14(18)19/h6-9H,3-5H2,1-2H3,(H,18,19). The fourth-order valence-corrected chi connectivity index (χ4v) is 2.27. The number of fused-ring (bicyclic) bond motifs is 1. The number of carbonyl (C=O) groups is 1. The van der Waals surface area contributed by atoms with Crippen LogP contribution in [0.25, 0.3) is 11.0 Å². The summed E-state index contributed by atoms with van der Waals surface area (Å²) in [5.41, 5.74) is 1.51. The minimum Gasteiger partial charge on any atom is -0.481 e. The molecule has 2 aromatic rings. The van der Waals surface area contributed by atoms with Crippen LogP contribution in [-0.2, 0) is 11.2 Å². The Kier molecular flexibility index (Phi) is 3.83. The normalized spacial score (nSPS) is 11.4. The van der Waals surface area contributed by atoms with Crippen LogP contribution in [0.5, 0.6) is 0 Å². The minimum atomic E-state index is -0.807. The Hall–Kier alpha value is -1.91. The lowest BCUT2D eigenvalue weighted by molar-refractivity contribution is -0.137. The third-order valence-electron chi connectivity index (χ3n) is 3.03. The summed E-state index contributed by atoms with van der Waals surface area (Å²) in [5, 5.41) is 8.67. The van der Waals surface area contributed by atoms with Gasteiger partial charge in [-0.3, -0.25) is 4.79 Å². The lowest BCUT2D eigenvalue weighted by atomic mass is 10.2. The molecule has 0 amide bonds. The third-order valence-corrected chi connectivity index (χ3v) is 3.03. The van der Waals surface area contributed by atoms with Gasteiger partial charge in [0.05, 0.1) is 11.0 Å². The second-order valence-electron chi connectivity index (χ2n) is 4.87. The monoisotopic (exact) mass is 264 g/mol. The van der Waals surface area contributed by atoms with Gasteiger partial charge in [0, 0.05) is 18.9 Å². The van der Waals surface area contributed by atoms with Gasteiger partial charge in [-0.05, 0) is 38.5 Å². The van der Waals surface area contributed by atoms with Gasteiger partial charge in [0.1, 0.15) is 11.6 Å². The van der Waals surface area contributed by atoms with Crippen molar-refractivity contribution in [3.8, 4) is 0 Å². The van der Waals surface area contributed by atoms with Gasteiger partial charge in [-0.15, -0.1) is 0 Å². The lowest BCUT2D eigenvalue weighted by Gasteiger charge is -2.12. The number of carboxylic acids is 1. The van der Waals surface area contributed by atoms with Crippen molar-refractivity contribution in [1.82, 2.24) is 9.55 Å². The van der Waals surface area contributed by atoms with Crippen LogP contribution >= 0.6 is 0 Å². The van der Waals surface area contributed by atoms with Gasteiger partial charge in [0.2, 0.25) is 0 Å². The Bertz CT molecular complexity index is 605. The Morgan fingerprint density at radius 3 is 2.84 bits per heavy atom.